The predicted molar refractivity (Wildman–Crippen MR) is 104 cm³/mol. The number of hydrogen-bond donors (Lipinski definition) is 0. The van der Waals surface area contributed by atoms with Gasteiger partial charge < -0.3 is 4.52 Å². The first-order chi connectivity index (χ1) is 13.6. The Hall–Kier alpha value is -3.48. The van der Waals surface area contributed by atoms with Crippen molar-refractivity contribution in [1.82, 2.24) is 19.3 Å². The van der Waals surface area contributed by atoms with Gasteiger partial charge in [-0.2, -0.15) is 4.98 Å². The van der Waals surface area contributed by atoms with Crippen LogP contribution < -0.4 is 11.2 Å². The molecule has 1 fully saturated rings. The molecule has 2 heterocycles. The lowest BCUT2D eigenvalue weighted by atomic mass is 10.1. The molecule has 0 spiro atoms. The Bertz CT molecular complexity index is 1310. The van der Waals surface area contributed by atoms with Gasteiger partial charge in [-0.25, -0.2) is 4.79 Å². The molecule has 140 valence electrons. The highest BCUT2D eigenvalue weighted by atomic mass is 16.5. The fourth-order valence-corrected chi connectivity index (χ4v) is 3.50. The van der Waals surface area contributed by atoms with Gasteiger partial charge in [0, 0.05) is 11.6 Å². The van der Waals surface area contributed by atoms with Crippen LogP contribution in [0.4, 0.5) is 0 Å². The van der Waals surface area contributed by atoms with E-state index in [1.165, 1.54) is 4.57 Å². The first kappa shape index (κ1) is 16.7. The summed E-state index contributed by atoms with van der Waals surface area (Å²) < 4.78 is 8.31. The zero-order valence-corrected chi connectivity index (χ0v) is 15.3. The molecule has 7 nitrogen and oxygen atoms in total. The second-order valence-corrected chi connectivity index (χ2v) is 7.17. The second-order valence-electron chi connectivity index (χ2n) is 7.17. The summed E-state index contributed by atoms with van der Waals surface area (Å²) in [5.41, 5.74) is 1.97. The van der Waals surface area contributed by atoms with Gasteiger partial charge in [-0.05, 0) is 38.0 Å². The number of benzene rings is 2. The van der Waals surface area contributed by atoms with Crippen molar-refractivity contribution in [2.75, 3.05) is 0 Å². The number of aryl methyl sites for hydroxylation is 1. The fourth-order valence-electron chi connectivity index (χ4n) is 3.50. The maximum atomic E-state index is 13.0. The first-order valence-corrected chi connectivity index (χ1v) is 9.25. The molecular formula is C21H18N4O3. The molecule has 0 unspecified atom stereocenters. The molecule has 5 rings (SSSR count). The van der Waals surface area contributed by atoms with Gasteiger partial charge in [-0.1, -0.05) is 41.1 Å². The van der Waals surface area contributed by atoms with Crippen LogP contribution in [0, 0.1) is 6.92 Å². The lowest BCUT2D eigenvalue weighted by Gasteiger charge is -2.12. The van der Waals surface area contributed by atoms with Crippen LogP contribution >= 0.6 is 0 Å². The second kappa shape index (κ2) is 6.30. The number of para-hydroxylation sites is 1. The molecule has 0 atom stereocenters. The van der Waals surface area contributed by atoms with Crippen molar-refractivity contribution in [2.45, 2.75) is 32.4 Å². The van der Waals surface area contributed by atoms with E-state index in [-0.39, 0.29) is 23.8 Å². The van der Waals surface area contributed by atoms with Crippen LogP contribution in [-0.2, 0) is 6.54 Å². The minimum atomic E-state index is -0.332. The summed E-state index contributed by atoms with van der Waals surface area (Å²) >= 11 is 0. The first-order valence-electron chi connectivity index (χ1n) is 9.25. The molecule has 1 aliphatic carbocycles. The normalized spacial score (nSPS) is 13.9. The Balaban J connectivity index is 1.61. The number of aromatic nitrogens is 4. The van der Waals surface area contributed by atoms with Crippen molar-refractivity contribution >= 4 is 10.9 Å². The Labute approximate surface area is 159 Å². The average molecular weight is 374 g/mol. The SMILES string of the molecule is Cc1cccc(-c2noc(Cn3c(=O)n(C4CC4)c(=O)c4ccccc43)n2)c1. The van der Waals surface area contributed by atoms with Gasteiger partial charge in [0.25, 0.3) is 5.56 Å². The Kier molecular flexibility index (Phi) is 3.75. The number of hydrogen-bond acceptors (Lipinski definition) is 5. The summed E-state index contributed by atoms with van der Waals surface area (Å²) in [6.45, 7) is 2.11. The molecule has 0 saturated heterocycles. The molecule has 1 aliphatic rings. The molecule has 0 N–H and O–H groups in total. The molecule has 0 radical (unpaired) electrons. The molecule has 7 heteroatoms. The van der Waals surface area contributed by atoms with E-state index in [4.69, 9.17) is 4.52 Å². The lowest BCUT2D eigenvalue weighted by Crippen LogP contribution is -2.39. The largest absolute Gasteiger partial charge is 0.337 e. The quantitative estimate of drug-likeness (QED) is 0.548. The van der Waals surface area contributed by atoms with Crippen molar-refractivity contribution < 1.29 is 4.52 Å². The maximum absolute atomic E-state index is 13.0. The molecule has 0 bridgehead atoms. The molecular weight excluding hydrogens is 356 g/mol. The summed E-state index contributed by atoms with van der Waals surface area (Å²) in [5, 5.41) is 4.57. The zero-order chi connectivity index (χ0) is 19.3. The van der Waals surface area contributed by atoms with Gasteiger partial charge >= 0.3 is 5.69 Å². The van der Waals surface area contributed by atoms with E-state index in [9.17, 15) is 9.59 Å². The fraction of sp³-hybridized carbons (Fsp3) is 0.238. The van der Waals surface area contributed by atoms with Crippen molar-refractivity contribution in [1.29, 1.82) is 0 Å². The Morgan fingerprint density at radius 3 is 2.71 bits per heavy atom. The highest BCUT2D eigenvalue weighted by Crippen LogP contribution is 2.32. The third-order valence-corrected chi connectivity index (χ3v) is 5.03. The van der Waals surface area contributed by atoms with Gasteiger partial charge in [-0.3, -0.25) is 13.9 Å². The molecule has 0 aliphatic heterocycles. The summed E-state index contributed by atoms with van der Waals surface area (Å²) in [5.74, 6) is 0.802. The standard InChI is InChI=1S/C21H18N4O3/c1-13-5-4-6-14(11-13)19-22-18(28-23-19)12-24-17-8-3-2-7-16(17)20(26)25(21(24)27)15-9-10-15/h2-8,11,15H,9-10,12H2,1H3. The number of nitrogens with zero attached hydrogens (tertiary/aromatic N) is 4. The van der Waals surface area contributed by atoms with E-state index in [1.807, 2.05) is 37.3 Å². The monoisotopic (exact) mass is 374 g/mol. The topological polar surface area (TPSA) is 82.9 Å². The van der Waals surface area contributed by atoms with Crippen molar-refractivity contribution in [3.63, 3.8) is 0 Å². The molecule has 0 amide bonds. The minimum absolute atomic E-state index is 0.0126. The van der Waals surface area contributed by atoms with Crippen LogP contribution in [0.5, 0.6) is 0 Å². The van der Waals surface area contributed by atoms with E-state index >= 15 is 0 Å². The molecule has 4 aromatic rings. The van der Waals surface area contributed by atoms with Crippen LogP contribution in [-0.4, -0.2) is 19.3 Å². The number of fused-ring (bicyclic) bond motifs is 1. The highest BCUT2D eigenvalue weighted by Gasteiger charge is 2.29. The van der Waals surface area contributed by atoms with Gasteiger partial charge in [0.05, 0.1) is 10.9 Å². The highest BCUT2D eigenvalue weighted by molar-refractivity contribution is 5.78. The van der Waals surface area contributed by atoms with Gasteiger partial charge in [-0.15, -0.1) is 0 Å². The summed E-state index contributed by atoms with van der Waals surface area (Å²) in [4.78, 5) is 30.3. The maximum Gasteiger partial charge on any atom is 0.332 e. The van der Waals surface area contributed by atoms with Crippen molar-refractivity contribution in [3.8, 4) is 11.4 Å². The smallest absolute Gasteiger partial charge is 0.332 e. The van der Waals surface area contributed by atoms with Crippen LogP contribution in [0.3, 0.4) is 0 Å². The predicted octanol–water partition coefficient (Wildman–Crippen LogP) is 2.90. The summed E-state index contributed by atoms with van der Waals surface area (Å²) in [6, 6.07) is 14.9. The van der Waals surface area contributed by atoms with E-state index < -0.39 is 0 Å². The van der Waals surface area contributed by atoms with Crippen molar-refractivity contribution in [2.24, 2.45) is 0 Å². The van der Waals surface area contributed by atoms with Crippen LogP contribution in [0.25, 0.3) is 22.3 Å². The van der Waals surface area contributed by atoms with Gasteiger partial charge in [0.15, 0.2) is 0 Å². The van der Waals surface area contributed by atoms with Crippen molar-refractivity contribution in [3.05, 3.63) is 80.8 Å². The van der Waals surface area contributed by atoms with E-state index in [0.29, 0.717) is 22.6 Å². The number of rotatable bonds is 4. The lowest BCUT2D eigenvalue weighted by molar-refractivity contribution is 0.369. The Morgan fingerprint density at radius 1 is 1.11 bits per heavy atom. The average Bonchev–Trinajstić information content (AvgIpc) is 3.42. The summed E-state index contributed by atoms with van der Waals surface area (Å²) in [6.07, 6.45) is 1.71. The Morgan fingerprint density at radius 2 is 1.93 bits per heavy atom. The molecule has 28 heavy (non-hydrogen) atoms. The van der Waals surface area contributed by atoms with Crippen LogP contribution in [0.2, 0.25) is 0 Å². The third-order valence-electron chi connectivity index (χ3n) is 5.03. The van der Waals surface area contributed by atoms with Gasteiger partial charge in [0.2, 0.25) is 11.7 Å². The van der Waals surface area contributed by atoms with Crippen LogP contribution in [0.15, 0.2) is 62.6 Å². The molecule has 2 aromatic carbocycles. The van der Waals surface area contributed by atoms with Gasteiger partial charge in [0.1, 0.15) is 6.54 Å². The summed E-state index contributed by atoms with van der Waals surface area (Å²) in [7, 11) is 0. The van der Waals surface area contributed by atoms with E-state index in [1.54, 1.807) is 22.8 Å². The van der Waals surface area contributed by atoms with E-state index in [2.05, 4.69) is 10.1 Å². The van der Waals surface area contributed by atoms with Crippen LogP contribution in [0.1, 0.15) is 30.3 Å². The third kappa shape index (κ3) is 2.76. The molecule has 2 aromatic heterocycles. The molecule has 1 saturated carbocycles. The minimum Gasteiger partial charge on any atom is -0.337 e. The zero-order valence-electron chi connectivity index (χ0n) is 15.3. The van der Waals surface area contributed by atoms with E-state index in [0.717, 1.165) is 24.0 Å².